The lowest BCUT2D eigenvalue weighted by Gasteiger charge is -2.14. The van der Waals surface area contributed by atoms with Crippen molar-refractivity contribution in [1.29, 1.82) is 0 Å². The molecule has 1 amide bonds. The number of amides is 1. The number of anilines is 1. The van der Waals surface area contributed by atoms with Crippen molar-refractivity contribution < 1.29 is 18.7 Å². The van der Waals surface area contributed by atoms with Crippen molar-refractivity contribution in [3.63, 3.8) is 0 Å². The molecule has 1 heterocycles. The topological polar surface area (TPSA) is 78.3 Å². The van der Waals surface area contributed by atoms with Gasteiger partial charge in [0, 0.05) is 11.5 Å². The maximum atomic E-state index is 13.2. The second-order valence-electron chi connectivity index (χ2n) is 6.30. The Bertz CT molecular complexity index is 1030. The molecule has 0 fully saturated rings. The third-order valence-electron chi connectivity index (χ3n) is 4.14. The van der Waals surface area contributed by atoms with Crippen LogP contribution in [0.1, 0.15) is 18.9 Å². The highest BCUT2D eigenvalue weighted by molar-refractivity contribution is 9.10. The zero-order chi connectivity index (χ0) is 21.7. The fraction of sp³-hybridized carbons (Fsp3) is 0.250. The Labute approximate surface area is 186 Å². The second kappa shape index (κ2) is 9.94. The molecule has 7 nitrogen and oxygen atoms in total. The number of aromatic nitrogens is 3. The summed E-state index contributed by atoms with van der Waals surface area (Å²) in [5.41, 5.74) is 0.502. The summed E-state index contributed by atoms with van der Waals surface area (Å²) in [5, 5.41) is 11.7. The van der Waals surface area contributed by atoms with E-state index in [-0.39, 0.29) is 23.6 Å². The standard InChI is InChI=1S/C20H20BrFN4O3S/c1-12(29-15-7-5-14(28-3)6-8-15)19-24-25-20(26(19)2)30-11-18(27)23-17-9-4-13(22)10-16(17)21/h4-10,12H,11H2,1-3H3,(H,23,27). The van der Waals surface area contributed by atoms with Gasteiger partial charge in [-0.05, 0) is 65.3 Å². The molecule has 3 rings (SSSR count). The van der Waals surface area contributed by atoms with Crippen molar-refractivity contribution in [2.45, 2.75) is 18.2 Å². The van der Waals surface area contributed by atoms with Gasteiger partial charge < -0.3 is 19.4 Å². The number of hydrogen-bond donors (Lipinski definition) is 1. The molecule has 0 radical (unpaired) electrons. The molecule has 0 saturated heterocycles. The zero-order valence-electron chi connectivity index (χ0n) is 16.6. The second-order valence-corrected chi connectivity index (χ2v) is 8.09. The molecule has 1 atom stereocenters. The molecular weight excluding hydrogens is 475 g/mol. The van der Waals surface area contributed by atoms with Gasteiger partial charge in [-0.2, -0.15) is 0 Å². The molecule has 0 bridgehead atoms. The minimum absolute atomic E-state index is 0.128. The van der Waals surface area contributed by atoms with Crippen molar-refractivity contribution >= 4 is 39.3 Å². The lowest BCUT2D eigenvalue weighted by Crippen LogP contribution is -2.15. The molecule has 1 aromatic heterocycles. The van der Waals surface area contributed by atoms with Crippen LogP contribution in [-0.4, -0.2) is 33.5 Å². The summed E-state index contributed by atoms with van der Waals surface area (Å²) in [6.45, 7) is 1.88. The third kappa shape index (κ3) is 5.51. The molecule has 0 aliphatic heterocycles. The number of halogens is 2. The van der Waals surface area contributed by atoms with Gasteiger partial charge in [0.1, 0.15) is 17.3 Å². The van der Waals surface area contributed by atoms with Gasteiger partial charge in [0.25, 0.3) is 0 Å². The molecule has 0 aliphatic carbocycles. The van der Waals surface area contributed by atoms with Crippen LogP contribution in [0.4, 0.5) is 10.1 Å². The number of ether oxygens (including phenoxy) is 2. The Morgan fingerprint density at radius 3 is 2.60 bits per heavy atom. The fourth-order valence-corrected chi connectivity index (χ4v) is 3.79. The van der Waals surface area contributed by atoms with Gasteiger partial charge in [0.2, 0.25) is 5.91 Å². The average molecular weight is 495 g/mol. The summed E-state index contributed by atoms with van der Waals surface area (Å²) in [5.74, 6) is 1.58. The fourth-order valence-electron chi connectivity index (χ4n) is 2.62. The lowest BCUT2D eigenvalue weighted by atomic mass is 10.3. The predicted octanol–water partition coefficient (Wildman–Crippen LogP) is 4.60. The smallest absolute Gasteiger partial charge is 0.234 e. The molecule has 3 aromatic rings. The third-order valence-corrected chi connectivity index (χ3v) is 5.82. The van der Waals surface area contributed by atoms with Gasteiger partial charge in [-0.3, -0.25) is 4.79 Å². The minimum atomic E-state index is -0.383. The Balaban J connectivity index is 1.58. The molecule has 1 N–H and O–H groups in total. The van der Waals surface area contributed by atoms with Crippen LogP contribution < -0.4 is 14.8 Å². The SMILES string of the molecule is COc1ccc(OC(C)c2nnc(SCC(=O)Nc3ccc(F)cc3Br)n2C)cc1. The minimum Gasteiger partial charge on any atom is -0.497 e. The summed E-state index contributed by atoms with van der Waals surface area (Å²) in [6.07, 6.45) is -0.339. The van der Waals surface area contributed by atoms with Gasteiger partial charge in [0.15, 0.2) is 17.1 Å². The number of nitrogens with zero attached hydrogens (tertiary/aromatic N) is 3. The molecule has 10 heteroatoms. The summed E-state index contributed by atoms with van der Waals surface area (Å²) in [6, 6.07) is 11.4. The highest BCUT2D eigenvalue weighted by Crippen LogP contribution is 2.26. The number of carbonyl (C=O) groups is 1. The van der Waals surface area contributed by atoms with Gasteiger partial charge in [-0.15, -0.1) is 10.2 Å². The van der Waals surface area contributed by atoms with E-state index in [0.29, 0.717) is 26.9 Å². The van der Waals surface area contributed by atoms with Crippen LogP contribution in [0, 0.1) is 5.82 Å². The molecule has 0 spiro atoms. The number of carbonyl (C=O) groups excluding carboxylic acids is 1. The number of methoxy groups -OCH3 is 1. The molecule has 2 aromatic carbocycles. The Morgan fingerprint density at radius 2 is 1.93 bits per heavy atom. The number of thioether (sulfide) groups is 1. The first kappa shape index (κ1) is 22.1. The van der Waals surface area contributed by atoms with E-state index in [1.807, 2.05) is 38.2 Å². The van der Waals surface area contributed by atoms with Gasteiger partial charge >= 0.3 is 0 Å². The molecule has 0 saturated carbocycles. The summed E-state index contributed by atoms with van der Waals surface area (Å²) >= 11 is 4.48. The highest BCUT2D eigenvalue weighted by atomic mass is 79.9. The Morgan fingerprint density at radius 1 is 1.23 bits per heavy atom. The van der Waals surface area contributed by atoms with Crippen LogP contribution in [0.3, 0.4) is 0 Å². The van der Waals surface area contributed by atoms with E-state index in [0.717, 1.165) is 5.75 Å². The largest absolute Gasteiger partial charge is 0.497 e. The maximum Gasteiger partial charge on any atom is 0.234 e. The van der Waals surface area contributed by atoms with Crippen molar-refractivity contribution in [2.75, 3.05) is 18.2 Å². The van der Waals surface area contributed by atoms with Gasteiger partial charge in [-0.1, -0.05) is 11.8 Å². The zero-order valence-corrected chi connectivity index (χ0v) is 19.0. The first-order valence-electron chi connectivity index (χ1n) is 8.95. The van der Waals surface area contributed by atoms with E-state index < -0.39 is 0 Å². The quantitative estimate of drug-likeness (QED) is 0.461. The normalized spacial score (nSPS) is 11.8. The van der Waals surface area contributed by atoms with Crippen LogP contribution in [0.25, 0.3) is 0 Å². The first-order chi connectivity index (χ1) is 14.4. The maximum absolute atomic E-state index is 13.2. The number of hydrogen-bond acceptors (Lipinski definition) is 6. The summed E-state index contributed by atoms with van der Waals surface area (Å²) < 4.78 is 26.5. The predicted molar refractivity (Wildman–Crippen MR) is 116 cm³/mol. The van der Waals surface area contributed by atoms with Crippen molar-refractivity contribution in [1.82, 2.24) is 14.8 Å². The van der Waals surface area contributed by atoms with E-state index in [1.165, 1.54) is 30.0 Å². The average Bonchev–Trinajstić information content (AvgIpc) is 3.09. The van der Waals surface area contributed by atoms with Crippen molar-refractivity contribution in [3.8, 4) is 11.5 Å². The molecule has 158 valence electrons. The van der Waals surface area contributed by atoms with E-state index in [9.17, 15) is 9.18 Å². The Hall–Kier alpha value is -2.59. The number of rotatable bonds is 8. The van der Waals surface area contributed by atoms with E-state index in [4.69, 9.17) is 9.47 Å². The highest BCUT2D eigenvalue weighted by Gasteiger charge is 2.18. The Kier molecular flexibility index (Phi) is 7.33. The van der Waals surface area contributed by atoms with Crippen LogP contribution >= 0.6 is 27.7 Å². The van der Waals surface area contributed by atoms with E-state index in [1.54, 1.807) is 11.7 Å². The lowest BCUT2D eigenvalue weighted by molar-refractivity contribution is -0.113. The first-order valence-corrected chi connectivity index (χ1v) is 10.7. The van der Waals surface area contributed by atoms with Crippen molar-refractivity contribution in [2.24, 2.45) is 7.05 Å². The molecule has 30 heavy (non-hydrogen) atoms. The van der Waals surface area contributed by atoms with E-state index >= 15 is 0 Å². The summed E-state index contributed by atoms with van der Waals surface area (Å²) in [7, 11) is 3.43. The van der Waals surface area contributed by atoms with Crippen molar-refractivity contribution in [3.05, 3.63) is 58.6 Å². The van der Waals surface area contributed by atoms with Crippen LogP contribution in [0.2, 0.25) is 0 Å². The van der Waals surface area contributed by atoms with Crippen LogP contribution in [-0.2, 0) is 11.8 Å². The molecular formula is C20H20BrFN4O3S. The summed E-state index contributed by atoms with van der Waals surface area (Å²) in [4.78, 5) is 12.2. The number of nitrogens with one attached hydrogen (secondary N) is 1. The molecule has 1 unspecified atom stereocenters. The van der Waals surface area contributed by atoms with Gasteiger partial charge in [0.05, 0.1) is 18.6 Å². The van der Waals surface area contributed by atoms with E-state index in [2.05, 4.69) is 31.4 Å². The monoisotopic (exact) mass is 494 g/mol. The van der Waals surface area contributed by atoms with Crippen LogP contribution in [0.5, 0.6) is 11.5 Å². The molecule has 0 aliphatic rings. The van der Waals surface area contributed by atoms with Crippen LogP contribution in [0.15, 0.2) is 52.1 Å². The number of benzene rings is 2. The van der Waals surface area contributed by atoms with Gasteiger partial charge in [-0.25, -0.2) is 4.39 Å².